The molecule has 1 aromatic rings. The predicted octanol–water partition coefficient (Wildman–Crippen LogP) is 2.59. The van der Waals surface area contributed by atoms with Crippen LogP contribution in [0.5, 0.6) is 0 Å². The Hall–Kier alpha value is -0.430. The van der Waals surface area contributed by atoms with E-state index in [0.29, 0.717) is 35.9 Å². The number of nitrogens with zero attached hydrogens (tertiary/aromatic N) is 1. The molecule has 2 aliphatic rings. The largest absolute Gasteiger partial charge is 0.309 e. The Bertz CT molecular complexity index is 620. The first-order chi connectivity index (χ1) is 9.89. The number of nitrogens with one attached hydrogen (secondary N) is 1. The van der Waals surface area contributed by atoms with Crippen LogP contribution in [0.1, 0.15) is 36.6 Å². The maximum Gasteiger partial charge on any atom is 0.244 e. The van der Waals surface area contributed by atoms with Crippen molar-refractivity contribution in [3.05, 3.63) is 15.8 Å². The number of hydrogen-bond acceptors (Lipinski definition) is 4. The fraction of sp³-hybridized carbons (Fsp3) is 0.733. The highest BCUT2D eigenvalue weighted by Crippen LogP contribution is 2.39. The fourth-order valence-corrected chi connectivity index (χ4v) is 5.65. The zero-order valence-electron chi connectivity index (χ0n) is 12.9. The molecule has 0 amide bonds. The molecule has 2 atom stereocenters. The van der Waals surface area contributed by atoms with Gasteiger partial charge in [0.15, 0.2) is 0 Å². The Balaban J connectivity index is 1.77. The van der Waals surface area contributed by atoms with Gasteiger partial charge in [-0.15, -0.1) is 11.3 Å². The molecule has 21 heavy (non-hydrogen) atoms. The molecular formula is C15H24N2O2S2. The molecular weight excluding hydrogens is 304 g/mol. The van der Waals surface area contributed by atoms with Crippen molar-refractivity contribution in [2.45, 2.75) is 50.6 Å². The minimum absolute atomic E-state index is 0.538. The maximum absolute atomic E-state index is 12.9. The molecule has 2 aliphatic carbocycles. The highest BCUT2D eigenvalue weighted by molar-refractivity contribution is 7.89. The van der Waals surface area contributed by atoms with E-state index in [-0.39, 0.29) is 0 Å². The Morgan fingerprint density at radius 1 is 1.43 bits per heavy atom. The molecule has 0 aromatic carbocycles. The molecule has 0 bridgehead atoms. The van der Waals surface area contributed by atoms with Crippen molar-refractivity contribution in [3.63, 3.8) is 0 Å². The van der Waals surface area contributed by atoms with Crippen LogP contribution in [-0.4, -0.2) is 32.4 Å². The van der Waals surface area contributed by atoms with E-state index in [9.17, 15) is 8.42 Å². The molecule has 2 unspecified atom stereocenters. The third-order valence-electron chi connectivity index (χ3n) is 4.55. The Morgan fingerprint density at radius 3 is 2.67 bits per heavy atom. The lowest BCUT2D eigenvalue weighted by atomic mass is 10.3. The van der Waals surface area contributed by atoms with Crippen molar-refractivity contribution < 1.29 is 8.42 Å². The Morgan fingerprint density at radius 2 is 2.10 bits per heavy atom. The molecule has 6 heteroatoms. The van der Waals surface area contributed by atoms with Crippen LogP contribution in [0.3, 0.4) is 0 Å². The van der Waals surface area contributed by atoms with Crippen molar-refractivity contribution in [2.24, 2.45) is 11.8 Å². The molecule has 0 saturated heterocycles. The minimum atomic E-state index is -3.36. The molecule has 1 aromatic heterocycles. The molecule has 2 saturated carbocycles. The molecule has 1 N–H and O–H groups in total. The summed E-state index contributed by atoms with van der Waals surface area (Å²) in [5.74, 6) is 1.21. The average molecular weight is 329 g/mol. The molecule has 118 valence electrons. The summed E-state index contributed by atoms with van der Waals surface area (Å²) in [5.41, 5.74) is 0.878. The van der Waals surface area contributed by atoms with E-state index >= 15 is 0 Å². The summed E-state index contributed by atoms with van der Waals surface area (Å²) in [4.78, 5) is 1.49. The maximum atomic E-state index is 12.9. The number of sulfonamides is 1. The van der Waals surface area contributed by atoms with Gasteiger partial charge in [-0.2, -0.15) is 0 Å². The highest BCUT2D eigenvalue weighted by Gasteiger charge is 2.37. The predicted molar refractivity (Wildman–Crippen MR) is 86.0 cm³/mol. The van der Waals surface area contributed by atoms with Crippen LogP contribution in [-0.2, 0) is 16.6 Å². The van der Waals surface area contributed by atoms with Crippen LogP contribution in [0.4, 0.5) is 0 Å². The normalized spacial score (nSPS) is 25.5. The molecule has 0 spiro atoms. The summed E-state index contributed by atoms with van der Waals surface area (Å²) < 4.78 is 27.3. The van der Waals surface area contributed by atoms with E-state index in [4.69, 9.17) is 0 Å². The summed E-state index contributed by atoms with van der Waals surface area (Å²) in [6, 6.07) is 0.591. The third-order valence-corrected chi connectivity index (χ3v) is 7.84. The lowest BCUT2D eigenvalue weighted by Crippen LogP contribution is -2.30. The second-order valence-corrected chi connectivity index (χ2v) is 9.53. The van der Waals surface area contributed by atoms with Crippen molar-refractivity contribution in [1.82, 2.24) is 9.62 Å². The number of hydrogen-bond donors (Lipinski definition) is 1. The van der Waals surface area contributed by atoms with Crippen molar-refractivity contribution in [1.29, 1.82) is 0 Å². The van der Waals surface area contributed by atoms with Gasteiger partial charge in [0.05, 0.1) is 0 Å². The van der Waals surface area contributed by atoms with E-state index in [1.54, 1.807) is 22.7 Å². The average Bonchev–Trinajstić information content (AvgIpc) is 3.31. The second kappa shape index (κ2) is 5.65. The van der Waals surface area contributed by atoms with E-state index in [0.717, 1.165) is 16.9 Å². The topological polar surface area (TPSA) is 49.4 Å². The molecule has 3 rings (SSSR count). The first-order valence-electron chi connectivity index (χ1n) is 7.66. The molecule has 0 radical (unpaired) electrons. The van der Waals surface area contributed by atoms with E-state index in [1.807, 2.05) is 12.3 Å². The summed E-state index contributed by atoms with van der Waals surface area (Å²) >= 11 is 1.56. The Kier molecular flexibility index (Phi) is 4.16. The molecule has 4 nitrogen and oxygen atoms in total. The quantitative estimate of drug-likeness (QED) is 0.837. The third kappa shape index (κ3) is 3.33. The molecule has 2 fully saturated rings. The summed E-state index contributed by atoms with van der Waals surface area (Å²) in [5, 5.41) is 5.39. The van der Waals surface area contributed by atoms with Crippen LogP contribution in [0, 0.1) is 18.8 Å². The van der Waals surface area contributed by atoms with Crippen LogP contribution in [0.2, 0.25) is 0 Å². The second-order valence-electron chi connectivity index (χ2n) is 6.58. The first-order valence-corrected chi connectivity index (χ1v) is 9.98. The fourth-order valence-electron chi connectivity index (χ4n) is 2.72. The first kappa shape index (κ1) is 15.5. The van der Waals surface area contributed by atoms with Crippen LogP contribution < -0.4 is 5.32 Å². The van der Waals surface area contributed by atoms with Gasteiger partial charge < -0.3 is 5.32 Å². The summed E-state index contributed by atoms with van der Waals surface area (Å²) in [7, 11) is -1.64. The smallest absolute Gasteiger partial charge is 0.244 e. The number of thiophene rings is 1. The van der Waals surface area contributed by atoms with Crippen LogP contribution >= 0.6 is 11.3 Å². The standard InChI is InChI=1S/C15H24N2O2S2/c1-10-6-12(10)8-17(3)21(18,19)15-11(2)9-20-14(15)7-16-13-4-5-13/h9-10,12-13,16H,4-8H2,1-3H3. The van der Waals surface area contributed by atoms with E-state index < -0.39 is 10.0 Å². The lowest BCUT2D eigenvalue weighted by molar-refractivity contribution is 0.444. The van der Waals surface area contributed by atoms with Gasteiger partial charge in [0.2, 0.25) is 10.0 Å². The summed E-state index contributed by atoms with van der Waals surface area (Å²) in [6.07, 6.45) is 3.58. The van der Waals surface area contributed by atoms with Crippen molar-refractivity contribution >= 4 is 21.4 Å². The van der Waals surface area contributed by atoms with Crippen molar-refractivity contribution in [3.8, 4) is 0 Å². The van der Waals surface area contributed by atoms with Gasteiger partial charge in [0, 0.05) is 31.1 Å². The summed E-state index contributed by atoms with van der Waals surface area (Å²) in [6.45, 7) is 5.41. The minimum Gasteiger partial charge on any atom is -0.309 e. The van der Waals surface area contributed by atoms with E-state index in [2.05, 4.69) is 12.2 Å². The van der Waals surface area contributed by atoms with Gasteiger partial charge in [-0.05, 0) is 49.0 Å². The van der Waals surface area contributed by atoms with Crippen molar-refractivity contribution in [2.75, 3.05) is 13.6 Å². The molecule has 1 heterocycles. The lowest BCUT2D eigenvalue weighted by Gasteiger charge is -2.18. The van der Waals surface area contributed by atoms with Gasteiger partial charge in [-0.3, -0.25) is 0 Å². The zero-order chi connectivity index (χ0) is 15.2. The van der Waals surface area contributed by atoms with Gasteiger partial charge in [0.1, 0.15) is 4.90 Å². The van der Waals surface area contributed by atoms with E-state index in [1.165, 1.54) is 12.8 Å². The molecule has 0 aliphatic heterocycles. The van der Waals surface area contributed by atoms with Gasteiger partial charge in [0.25, 0.3) is 0 Å². The number of aryl methyl sites for hydroxylation is 1. The van der Waals surface area contributed by atoms with Crippen LogP contribution in [0.25, 0.3) is 0 Å². The van der Waals surface area contributed by atoms with Gasteiger partial charge in [-0.25, -0.2) is 12.7 Å². The Labute approximate surface area is 131 Å². The number of rotatable bonds is 7. The highest BCUT2D eigenvalue weighted by atomic mass is 32.2. The van der Waals surface area contributed by atoms with Gasteiger partial charge in [-0.1, -0.05) is 6.92 Å². The zero-order valence-corrected chi connectivity index (χ0v) is 14.6. The van der Waals surface area contributed by atoms with Gasteiger partial charge >= 0.3 is 0 Å². The monoisotopic (exact) mass is 328 g/mol. The SMILES string of the molecule is Cc1csc(CNC2CC2)c1S(=O)(=O)N(C)CC1CC1C. The van der Waals surface area contributed by atoms with Crippen LogP contribution in [0.15, 0.2) is 10.3 Å².